The fourth-order valence-electron chi connectivity index (χ4n) is 2.48. The first-order valence-corrected chi connectivity index (χ1v) is 11.2. The van der Waals surface area contributed by atoms with E-state index in [4.69, 9.17) is 9.79 Å². The lowest BCUT2D eigenvalue weighted by Gasteiger charge is -2.15. The van der Waals surface area contributed by atoms with Gasteiger partial charge in [0.25, 0.3) is 0 Å². The molecule has 0 saturated carbocycles. The molecule has 0 bridgehead atoms. The van der Waals surface area contributed by atoms with Gasteiger partial charge in [0.05, 0.1) is 6.61 Å². The highest BCUT2D eigenvalue weighted by Gasteiger charge is 2.16. The standard InChI is InChI=1S/C20H37O4P/c1-3-5-6-7-8-9-10-11-12-13-14-15-16-17-18-20(4-2)19-24-25(21,22)23/h5-6,8-9,11-12,20H,3-4,7,10,13-19H2,1-2H3,(H2,21,22,23)/b6-5-,9-8-,12-11-. The smallest absolute Gasteiger partial charge is 0.303 e. The van der Waals surface area contributed by atoms with Crippen LogP contribution in [-0.4, -0.2) is 16.4 Å². The van der Waals surface area contributed by atoms with E-state index >= 15 is 0 Å². The summed E-state index contributed by atoms with van der Waals surface area (Å²) in [6.45, 7) is 4.34. The number of phosphoric acid groups is 1. The Hall–Kier alpha value is -0.670. The van der Waals surface area contributed by atoms with Crippen LogP contribution in [0.1, 0.15) is 78.1 Å². The van der Waals surface area contributed by atoms with Crippen LogP contribution >= 0.6 is 7.82 Å². The molecule has 0 aliphatic carbocycles. The van der Waals surface area contributed by atoms with Crippen LogP contribution in [0.2, 0.25) is 0 Å². The average Bonchev–Trinajstić information content (AvgIpc) is 2.57. The van der Waals surface area contributed by atoms with Gasteiger partial charge in [-0.15, -0.1) is 0 Å². The maximum atomic E-state index is 10.7. The van der Waals surface area contributed by atoms with Gasteiger partial charge in [0.15, 0.2) is 0 Å². The molecular formula is C20H37O4P. The lowest BCUT2D eigenvalue weighted by atomic mass is 9.99. The molecule has 0 radical (unpaired) electrons. The molecule has 0 rings (SSSR count). The van der Waals surface area contributed by atoms with E-state index in [0.717, 1.165) is 44.9 Å². The molecule has 146 valence electrons. The molecule has 0 aliphatic rings. The van der Waals surface area contributed by atoms with Crippen LogP contribution in [0.3, 0.4) is 0 Å². The summed E-state index contributed by atoms with van der Waals surface area (Å²) in [4.78, 5) is 17.5. The Labute approximate surface area is 154 Å². The normalized spacial score (nSPS) is 14.2. The van der Waals surface area contributed by atoms with E-state index in [1.165, 1.54) is 19.3 Å². The maximum absolute atomic E-state index is 10.7. The van der Waals surface area contributed by atoms with E-state index in [-0.39, 0.29) is 12.5 Å². The van der Waals surface area contributed by atoms with Crippen molar-refractivity contribution in [2.45, 2.75) is 78.1 Å². The van der Waals surface area contributed by atoms with Crippen molar-refractivity contribution in [1.82, 2.24) is 0 Å². The third-order valence-electron chi connectivity index (χ3n) is 4.07. The highest BCUT2D eigenvalue weighted by atomic mass is 31.2. The maximum Gasteiger partial charge on any atom is 0.469 e. The summed E-state index contributed by atoms with van der Waals surface area (Å²) in [5, 5.41) is 0. The molecule has 25 heavy (non-hydrogen) atoms. The topological polar surface area (TPSA) is 66.8 Å². The molecule has 0 aliphatic heterocycles. The molecule has 1 unspecified atom stereocenters. The minimum Gasteiger partial charge on any atom is -0.303 e. The van der Waals surface area contributed by atoms with Gasteiger partial charge in [-0.05, 0) is 44.4 Å². The van der Waals surface area contributed by atoms with E-state index in [0.29, 0.717) is 0 Å². The van der Waals surface area contributed by atoms with Gasteiger partial charge in [-0.25, -0.2) is 4.57 Å². The van der Waals surface area contributed by atoms with Crippen molar-refractivity contribution in [1.29, 1.82) is 0 Å². The minimum absolute atomic E-state index is 0.158. The van der Waals surface area contributed by atoms with Crippen LogP contribution in [0.5, 0.6) is 0 Å². The first kappa shape index (κ1) is 24.3. The second kappa shape index (κ2) is 16.8. The zero-order chi connectivity index (χ0) is 18.8. The van der Waals surface area contributed by atoms with E-state index < -0.39 is 7.82 Å². The van der Waals surface area contributed by atoms with Crippen LogP contribution in [0, 0.1) is 5.92 Å². The molecule has 0 aromatic heterocycles. The number of allylic oxidation sites excluding steroid dienone is 6. The van der Waals surface area contributed by atoms with Gasteiger partial charge in [-0.3, -0.25) is 4.52 Å². The van der Waals surface area contributed by atoms with Crippen molar-refractivity contribution in [2.75, 3.05) is 6.61 Å². The molecule has 5 heteroatoms. The van der Waals surface area contributed by atoms with Gasteiger partial charge >= 0.3 is 7.82 Å². The number of hydrogen-bond acceptors (Lipinski definition) is 2. The van der Waals surface area contributed by atoms with Crippen LogP contribution < -0.4 is 0 Å². The second-order valence-corrected chi connectivity index (χ2v) is 7.59. The van der Waals surface area contributed by atoms with Crippen molar-refractivity contribution >= 4 is 7.82 Å². The van der Waals surface area contributed by atoms with Crippen molar-refractivity contribution in [3.8, 4) is 0 Å². The zero-order valence-corrected chi connectivity index (χ0v) is 16.9. The zero-order valence-electron chi connectivity index (χ0n) is 16.0. The van der Waals surface area contributed by atoms with Crippen LogP contribution in [-0.2, 0) is 9.09 Å². The summed E-state index contributed by atoms with van der Waals surface area (Å²) in [5.74, 6) is 0.242. The number of phosphoric ester groups is 1. The quantitative estimate of drug-likeness (QED) is 0.189. The van der Waals surface area contributed by atoms with Crippen molar-refractivity contribution in [2.24, 2.45) is 5.92 Å². The Kier molecular flexibility index (Phi) is 16.3. The summed E-state index contributed by atoms with van der Waals surface area (Å²) >= 11 is 0. The molecule has 0 saturated heterocycles. The minimum atomic E-state index is -4.32. The Bertz CT molecular complexity index is 423. The van der Waals surface area contributed by atoms with E-state index in [9.17, 15) is 4.57 Å². The van der Waals surface area contributed by atoms with Crippen LogP contribution in [0.25, 0.3) is 0 Å². The molecule has 0 aromatic carbocycles. The number of unbranched alkanes of at least 4 members (excludes halogenated alkanes) is 4. The Morgan fingerprint density at radius 2 is 1.48 bits per heavy atom. The molecule has 1 atom stereocenters. The molecule has 0 amide bonds. The van der Waals surface area contributed by atoms with Gasteiger partial charge in [0, 0.05) is 0 Å². The lowest BCUT2D eigenvalue weighted by molar-refractivity contribution is 0.161. The molecule has 0 fully saturated rings. The van der Waals surface area contributed by atoms with Crippen molar-refractivity contribution < 1.29 is 18.9 Å². The highest BCUT2D eigenvalue weighted by molar-refractivity contribution is 7.46. The first-order valence-electron chi connectivity index (χ1n) is 9.64. The summed E-state index contributed by atoms with van der Waals surface area (Å²) in [5.41, 5.74) is 0. The molecule has 0 spiro atoms. The van der Waals surface area contributed by atoms with Gasteiger partial charge < -0.3 is 9.79 Å². The van der Waals surface area contributed by atoms with Gasteiger partial charge in [-0.1, -0.05) is 76.0 Å². The molecule has 0 heterocycles. The fraction of sp³-hybridized carbons (Fsp3) is 0.700. The summed E-state index contributed by atoms with van der Waals surface area (Å²) < 4.78 is 15.3. The largest absolute Gasteiger partial charge is 0.469 e. The summed E-state index contributed by atoms with van der Waals surface area (Å²) in [6.07, 6.45) is 24.1. The number of rotatable bonds is 16. The van der Waals surface area contributed by atoms with E-state index in [1.807, 2.05) is 6.92 Å². The van der Waals surface area contributed by atoms with Gasteiger partial charge in [0.1, 0.15) is 0 Å². The summed E-state index contributed by atoms with van der Waals surface area (Å²) in [6, 6.07) is 0. The van der Waals surface area contributed by atoms with Crippen molar-refractivity contribution in [3.63, 3.8) is 0 Å². The van der Waals surface area contributed by atoms with Gasteiger partial charge in [-0.2, -0.15) is 0 Å². The SMILES string of the molecule is CC/C=C\C/C=C\C/C=C\CCCCCCC(CC)COP(=O)(O)O. The second-order valence-electron chi connectivity index (χ2n) is 6.35. The lowest BCUT2D eigenvalue weighted by Crippen LogP contribution is -2.07. The molecular weight excluding hydrogens is 335 g/mol. The molecule has 0 aromatic rings. The molecule has 4 nitrogen and oxygen atoms in total. The first-order chi connectivity index (χ1) is 12.0. The fourth-order valence-corrected chi connectivity index (χ4v) is 2.89. The highest BCUT2D eigenvalue weighted by Crippen LogP contribution is 2.37. The molecule has 2 N–H and O–H groups in total. The monoisotopic (exact) mass is 372 g/mol. The Balaban J connectivity index is 3.51. The van der Waals surface area contributed by atoms with Gasteiger partial charge in [0.2, 0.25) is 0 Å². The predicted molar refractivity (Wildman–Crippen MR) is 106 cm³/mol. The van der Waals surface area contributed by atoms with Crippen molar-refractivity contribution in [3.05, 3.63) is 36.5 Å². The number of hydrogen-bond donors (Lipinski definition) is 2. The van der Waals surface area contributed by atoms with E-state index in [2.05, 4.69) is 47.9 Å². The summed E-state index contributed by atoms with van der Waals surface area (Å²) in [7, 11) is -4.32. The third-order valence-corrected chi connectivity index (χ3v) is 4.55. The van der Waals surface area contributed by atoms with Crippen LogP contribution in [0.4, 0.5) is 0 Å². The Morgan fingerprint density at radius 3 is 2.08 bits per heavy atom. The Morgan fingerprint density at radius 1 is 0.880 bits per heavy atom. The van der Waals surface area contributed by atoms with E-state index in [1.54, 1.807) is 0 Å². The predicted octanol–water partition coefficient (Wildman–Crippen LogP) is 6.32. The average molecular weight is 372 g/mol. The third kappa shape index (κ3) is 19.5. The van der Waals surface area contributed by atoms with Crippen LogP contribution in [0.15, 0.2) is 36.5 Å².